The van der Waals surface area contributed by atoms with E-state index in [4.69, 9.17) is 28.9 Å². The standard InChI is InChI=1S/C45H62FN3O8/c1-6-25-55-45-40(49(43(52)53-7-2)30-31-14-16-33(46)17-15-31)29-38(47-57-44(3,4)5)36-27-32(12-8-10-23-50)35(13-9-11-24-51)41(42(36)45)37-28-34(18-19-39(37)56-45)54-26-22-48-20-21-48/h6,14-19,27-28,32,35,40-42,50-51H,1,7-13,20-26,29-30H2,2-5H3. The van der Waals surface area contributed by atoms with Crippen LogP contribution < -0.4 is 9.47 Å². The summed E-state index contributed by atoms with van der Waals surface area (Å²) in [4.78, 5) is 24.5. The number of aliphatic hydroxyl groups excluding tert-OH is 2. The second-order valence-corrected chi connectivity index (χ2v) is 16.6. The number of ether oxygens (including phenoxy) is 4. The van der Waals surface area contributed by atoms with Gasteiger partial charge in [0.1, 0.15) is 35.6 Å². The predicted molar refractivity (Wildman–Crippen MR) is 217 cm³/mol. The van der Waals surface area contributed by atoms with Crippen molar-refractivity contribution < 1.29 is 43.2 Å². The number of allylic oxidation sites excluding steroid dienone is 1. The van der Waals surface area contributed by atoms with Crippen LogP contribution in [0, 0.1) is 23.6 Å². The van der Waals surface area contributed by atoms with Gasteiger partial charge in [0.2, 0.25) is 5.79 Å². The Balaban J connectivity index is 1.58. The molecular formula is C45H62FN3O8. The van der Waals surface area contributed by atoms with Crippen molar-refractivity contribution in [2.45, 2.75) is 103 Å². The number of unbranched alkanes of at least 4 members (excludes halogenated alkanes) is 2. The van der Waals surface area contributed by atoms with Gasteiger partial charge in [-0.25, -0.2) is 9.18 Å². The quantitative estimate of drug-likeness (QED) is 0.0604. The molecule has 6 unspecified atom stereocenters. The molecule has 312 valence electrons. The third-order valence-electron chi connectivity index (χ3n) is 11.4. The maximum Gasteiger partial charge on any atom is 0.410 e. The Morgan fingerprint density at radius 3 is 2.49 bits per heavy atom. The summed E-state index contributed by atoms with van der Waals surface area (Å²) in [5.74, 6) is -0.924. The lowest BCUT2D eigenvalue weighted by atomic mass is 9.55. The van der Waals surface area contributed by atoms with Crippen molar-refractivity contribution in [3.05, 3.63) is 83.7 Å². The molecule has 57 heavy (non-hydrogen) atoms. The number of benzene rings is 2. The molecule has 12 heteroatoms. The molecule has 2 fully saturated rings. The number of oxime groups is 1. The molecule has 2 aliphatic carbocycles. The van der Waals surface area contributed by atoms with Gasteiger partial charge in [-0.05, 0) is 107 Å². The highest BCUT2D eigenvalue weighted by Crippen LogP contribution is 2.62. The smallest absolute Gasteiger partial charge is 0.410 e. The van der Waals surface area contributed by atoms with Crippen molar-refractivity contribution >= 4 is 11.8 Å². The van der Waals surface area contributed by atoms with E-state index in [0.29, 0.717) is 36.5 Å². The molecular weight excluding hydrogens is 730 g/mol. The fourth-order valence-corrected chi connectivity index (χ4v) is 8.81. The number of hydrogen-bond acceptors (Lipinski definition) is 10. The molecule has 2 aromatic carbocycles. The highest BCUT2D eigenvalue weighted by molar-refractivity contribution is 6.03. The first kappa shape index (κ1) is 42.6. The Morgan fingerprint density at radius 1 is 1.09 bits per heavy atom. The van der Waals surface area contributed by atoms with Crippen LogP contribution in [0.4, 0.5) is 9.18 Å². The van der Waals surface area contributed by atoms with E-state index < -0.39 is 29.4 Å². The van der Waals surface area contributed by atoms with Crippen LogP contribution in [-0.2, 0) is 20.9 Å². The van der Waals surface area contributed by atoms with Crippen molar-refractivity contribution in [3.8, 4) is 11.5 Å². The number of fused-ring (bicyclic) bond motifs is 2. The average molecular weight is 792 g/mol. The van der Waals surface area contributed by atoms with E-state index >= 15 is 0 Å². The minimum atomic E-state index is -1.45. The van der Waals surface area contributed by atoms with Crippen molar-refractivity contribution in [2.75, 3.05) is 52.7 Å². The van der Waals surface area contributed by atoms with Gasteiger partial charge in [0, 0.05) is 57.3 Å². The number of halogens is 1. The van der Waals surface area contributed by atoms with E-state index in [1.165, 1.54) is 12.1 Å². The van der Waals surface area contributed by atoms with Crippen molar-refractivity contribution in [3.63, 3.8) is 0 Å². The molecule has 4 aliphatic rings. The Morgan fingerprint density at radius 2 is 1.82 bits per heavy atom. The zero-order valence-corrected chi connectivity index (χ0v) is 34.2. The van der Waals surface area contributed by atoms with Crippen LogP contribution in [0.2, 0.25) is 0 Å². The van der Waals surface area contributed by atoms with Crippen LogP contribution in [0.1, 0.15) is 89.7 Å². The third kappa shape index (κ3) is 10.2. The summed E-state index contributed by atoms with van der Waals surface area (Å²) < 4.78 is 40.6. The molecule has 2 heterocycles. The second kappa shape index (κ2) is 19.2. The molecule has 0 aromatic heterocycles. The summed E-state index contributed by atoms with van der Waals surface area (Å²) in [5.41, 5.74) is 2.73. The van der Waals surface area contributed by atoms with Crippen molar-refractivity contribution in [2.24, 2.45) is 22.9 Å². The zero-order chi connectivity index (χ0) is 40.6. The Labute approximate surface area is 337 Å². The Kier molecular flexibility index (Phi) is 14.4. The van der Waals surface area contributed by atoms with Gasteiger partial charge in [0.15, 0.2) is 0 Å². The number of nitrogens with zero attached hydrogens (tertiary/aromatic N) is 3. The van der Waals surface area contributed by atoms with Gasteiger partial charge in [-0.2, -0.15) is 0 Å². The topological polar surface area (TPSA) is 122 Å². The second-order valence-electron chi connectivity index (χ2n) is 16.6. The molecule has 2 aromatic rings. The monoisotopic (exact) mass is 791 g/mol. The normalized spacial score (nSPS) is 25.8. The average Bonchev–Trinajstić information content (AvgIpc) is 4.02. The summed E-state index contributed by atoms with van der Waals surface area (Å²) in [5, 5.41) is 24.6. The van der Waals surface area contributed by atoms with Crippen LogP contribution in [0.3, 0.4) is 0 Å². The molecule has 2 N–H and O–H groups in total. The minimum Gasteiger partial charge on any atom is -0.492 e. The molecule has 6 atom stereocenters. The number of carbonyl (C=O) groups is 1. The first-order valence-corrected chi connectivity index (χ1v) is 20.8. The molecule has 6 rings (SSSR count). The van der Waals surface area contributed by atoms with Crippen molar-refractivity contribution in [1.29, 1.82) is 0 Å². The van der Waals surface area contributed by atoms with Crippen LogP contribution in [0.25, 0.3) is 0 Å². The van der Waals surface area contributed by atoms with Gasteiger partial charge < -0.3 is 34.0 Å². The fourth-order valence-electron chi connectivity index (χ4n) is 8.81. The Hall–Kier alpha value is -3.97. The summed E-state index contributed by atoms with van der Waals surface area (Å²) in [6, 6.07) is 11.3. The first-order chi connectivity index (χ1) is 27.5. The summed E-state index contributed by atoms with van der Waals surface area (Å²) >= 11 is 0. The highest BCUT2D eigenvalue weighted by Gasteiger charge is 2.65. The van der Waals surface area contributed by atoms with E-state index in [0.717, 1.165) is 62.2 Å². The number of rotatable bonds is 20. The van der Waals surface area contributed by atoms with Gasteiger partial charge in [0.05, 0.1) is 24.8 Å². The van der Waals surface area contributed by atoms with Crippen LogP contribution in [0.5, 0.6) is 11.5 Å². The van der Waals surface area contributed by atoms with Gasteiger partial charge in [-0.15, -0.1) is 6.58 Å². The number of aliphatic hydroxyl groups is 2. The zero-order valence-electron chi connectivity index (χ0n) is 34.2. The lowest BCUT2D eigenvalue weighted by Gasteiger charge is -2.60. The predicted octanol–water partition coefficient (Wildman–Crippen LogP) is 7.61. The molecule has 0 bridgehead atoms. The van der Waals surface area contributed by atoms with E-state index in [1.807, 2.05) is 32.9 Å². The van der Waals surface area contributed by atoms with Gasteiger partial charge in [0.25, 0.3) is 0 Å². The number of carbonyl (C=O) groups excluding carboxylic acids is 1. The third-order valence-corrected chi connectivity index (χ3v) is 11.4. The highest BCUT2D eigenvalue weighted by atomic mass is 19.1. The Bertz CT molecular complexity index is 1720. The largest absolute Gasteiger partial charge is 0.492 e. The van der Waals surface area contributed by atoms with Gasteiger partial charge >= 0.3 is 6.09 Å². The lowest BCUT2D eigenvalue weighted by molar-refractivity contribution is -0.256. The van der Waals surface area contributed by atoms with Crippen LogP contribution >= 0.6 is 0 Å². The molecule has 2 aliphatic heterocycles. The minimum absolute atomic E-state index is 0.0721. The molecule has 0 radical (unpaired) electrons. The molecule has 0 spiro atoms. The van der Waals surface area contributed by atoms with Crippen LogP contribution in [-0.4, -0.2) is 102 Å². The molecule has 11 nitrogen and oxygen atoms in total. The molecule has 1 saturated carbocycles. The number of hydrogen-bond donors (Lipinski definition) is 2. The summed E-state index contributed by atoms with van der Waals surface area (Å²) in [6.45, 7) is 15.8. The van der Waals surface area contributed by atoms with E-state index in [-0.39, 0.29) is 63.0 Å². The van der Waals surface area contributed by atoms with E-state index in [2.05, 4.69) is 23.6 Å². The lowest BCUT2D eigenvalue weighted by Crippen LogP contribution is -2.70. The summed E-state index contributed by atoms with van der Waals surface area (Å²) in [6.07, 6.45) is 8.33. The van der Waals surface area contributed by atoms with E-state index in [9.17, 15) is 19.4 Å². The molecule has 1 amide bonds. The number of amides is 1. The first-order valence-electron chi connectivity index (χ1n) is 20.8. The summed E-state index contributed by atoms with van der Waals surface area (Å²) in [7, 11) is 0. The SMILES string of the molecule is C=CCOC12Oc3ccc(OCCN4CC4)cc3C3C(CCCCO)C(CCCCO)C=C(C(=NOC(C)(C)C)CC1N(Cc1ccc(F)cc1)C(=O)OCC)C32. The van der Waals surface area contributed by atoms with Gasteiger partial charge in [-0.3, -0.25) is 9.80 Å². The maximum absolute atomic E-state index is 14.3. The van der Waals surface area contributed by atoms with E-state index in [1.54, 1.807) is 30.0 Å². The van der Waals surface area contributed by atoms with Crippen LogP contribution in [0.15, 0.2) is 71.9 Å². The molecule has 1 saturated heterocycles. The fraction of sp³-hybridized carbons (Fsp3) is 0.600. The van der Waals surface area contributed by atoms with Gasteiger partial charge in [-0.1, -0.05) is 42.3 Å². The maximum atomic E-state index is 14.3. The van der Waals surface area contributed by atoms with Crippen molar-refractivity contribution in [1.82, 2.24) is 9.80 Å².